The van der Waals surface area contributed by atoms with Gasteiger partial charge in [0, 0.05) is 25.4 Å². The Morgan fingerprint density at radius 2 is 1.73 bits per heavy atom. The molecule has 1 aliphatic carbocycles. The second-order valence-corrected chi connectivity index (χ2v) is 2.43. The fourth-order valence-corrected chi connectivity index (χ4v) is 0.800. The zero-order chi connectivity index (χ0) is 6.85. The minimum absolute atomic E-state index is 0. The first-order chi connectivity index (χ1) is 4.20. The van der Waals surface area contributed by atoms with E-state index in [0.717, 1.165) is 5.57 Å². The third-order valence-electron chi connectivity index (χ3n) is 1.50. The SMILES string of the molecule is C=C1C=C(C)C=C[C]1C.[Cl-].[Zn]. The Labute approximate surface area is 87.6 Å². The molecule has 0 spiro atoms. The summed E-state index contributed by atoms with van der Waals surface area (Å²) in [6.07, 6.45) is 6.29. The average molecular weight is 220 g/mol. The van der Waals surface area contributed by atoms with Gasteiger partial charge in [0.1, 0.15) is 0 Å². The van der Waals surface area contributed by atoms with E-state index in [1.165, 1.54) is 11.5 Å². The molecule has 0 aliphatic heterocycles. The summed E-state index contributed by atoms with van der Waals surface area (Å²) >= 11 is 0. The van der Waals surface area contributed by atoms with Gasteiger partial charge < -0.3 is 12.4 Å². The molecule has 1 rings (SSSR count). The van der Waals surface area contributed by atoms with Crippen LogP contribution in [0.15, 0.2) is 36.0 Å². The van der Waals surface area contributed by atoms with E-state index in [4.69, 9.17) is 0 Å². The Hall–Kier alpha value is 0.133. The smallest absolute Gasteiger partial charge is 0.0230 e. The molecule has 0 heterocycles. The summed E-state index contributed by atoms with van der Waals surface area (Å²) in [5, 5.41) is 0. The van der Waals surface area contributed by atoms with Crippen molar-refractivity contribution in [1.82, 2.24) is 0 Å². The van der Waals surface area contributed by atoms with Crippen molar-refractivity contribution in [2.45, 2.75) is 13.8 Å². The van der Waals surface area contributed by atoms with Crippen LogP contribution >= 0.6 is 0 Å². The number of rotatable bonds is 0. The van der Waals surface area contributed by atoms with Crippen LogP contribution in [-0.4, -0.2) is 0 Å². The predicted molar refractivity (Wildman–Crippen MR) is 41.0 cm³/mol. The molecule has 1 aliphatic rings. The maximum absolute atomic E-state index is 3.88. The number of halogens is 1. The van der Waals surface area contributed by atoms with Crippen LogP contribution < -0.4 is 12.4 Å². The van der Waals surface area contributed by atoms with Crippen molar-refractivity contribution in [3.05, 3.63) is 41.9 Å². The molecule has 0 N–H and O–H groups in total. The van der Waals surface area contributed by atoms with Crippen molar-refractivity contribution in [2.24, 2.45) is 0 Å². The van der Waals surface area contributed by atoms with E-state index >= 15 is 0 Å². The summed E-state index contributed by atoms with van der Waals surface area (Å²) in [5.41, 5.74) is 2.42. The monoisotopic (exact) mass is 218 g/mol. The van der Waals surface area contributed by atoms with Crippen LogP contribution in [0.5, 0.6) is 0 Å². The van der Waals surface area contributed by atoms with Gasteiger partial charge in [-0.05, 0) is 12.5 Å². The van der Waals surface area contributed by atoms with Crippen LogP contribution in [0.1, 0.15) is 13.8 Å². The predicted octanol–water partition coefficient (Wildman–Crippen LogP) is -0.345. The van der Waals surface area contributed by atoms with Crippen molar-refractivity contribution in [1.29, 1.82) is 0 Å². The van der Waals surface area contributed by atoms with Gasteiger partial charge in [0.2, 0.25) is 0 Å². The van der Waals surface area contributed by atoms with E-state index in [-0.39, 0.29) is 31.9 Å². The summed E-state index contributed by atoms with van der Waals surface area (Å²) < 4.78 is 0. The minimum Gasteiger partial charge on any atom is -1.00 e. The van der Waals surface area contributed by atoms with E-state index in [2.05, 4.69) is 38.7 Å². The molecule has 0 saturated carbocycles. The standard InChI is InChI=1S/C9H11.ClH.Zn/c1-7-4-5-8(2)9(3)6-7;;/h4-6H,3H2,1-2H3;1H;/p-1. The van der Waals surface area contributed by atoms with Crippen LogP contribution in [0.25, 0.3) is 0 Å². The van der Waals surface area contributed by atoms with Crippen molar-refractivity contribution >= 4 is 0 Å². The molecule has 0 amide bonds. The van der Waals surface area contributed by atoms with E-state index in [1.807, 2.05) is 0 Å². The molecule has 0 nitrogen and oxygen atoms in total. The Morgan fingerprint density at radius 3 is 2.09 bits per heavy atom. The summed E-state index contributed by atoms with van der Waals surface area (Å²) in [7, 11) is 0. The zero-order valence-electron chi connectivity index (χ0n) is 7.02. The molecule has 0 aromatic heterocycles. The van der Waals surface area contributed by atoms with Gasteiger partial charge in [0.05, 0.1) is 0 Å². The normalized spacial score (nSPS) is 16.5. The Morgan fingerprint density at radius 1 is 1.18 bits per heavy atom. The second kappa shape index (κ2) is 5.74. The fraction of sp³-hybridized carbons (Fsp3) is 0.222. The fourth-order valence-electron chi connectivity index (χ4n) is 0.800. The Bertz CT molecular complexity index is 192. The van der Waals surface area contributed by atoms with Gasteiger partial charge in [-0.3, -0.25) is 0 Å². The molecule has 0 saturated heterocycles. The molecule has 11 heavy (non-hydrogen) atoms. The molecule has 2 heteroatoms. The minimum atomic E-state index is 0. The largest absolute Gasteiger partial charge is 1.00 e. The van der Waals surface area contributed by atoms with Crippen molar-refractivity contribution in [3.63, 3.8) is 0 Å². The van der Waals surface area contributed by atoms with Gasteiger partial charge in [0.15, 0.2) is 0 Å². The average Bonchev–Trinajstić information content (AvgIpc) is 1.80. The van der Waals surface area contributed by atoms with E-state index in [0.29, 0.717) is 0 Å². The summed E-state index contributed by atoms with van der Waals surface area (Å²) in [5.74, 6) is 1.26. The number of hydrogen-bond acceptors (Lipinski definition) is 0. The van der Waals surface area contributed by atoms with E-state index in [9.17, 15) is 0 Å². The first-order valence-electron chi connectivity index (χ1n) is 3.09. The van der Waals surface area contributed by atoms with Crippen LogP contribution in [0, 0.1) is 5.92 Å². The Balaban J connectivity index is 0. The molecule has 0 aromatic carbocycles. The molecule has 0 unspecified atom stereocenters. The topological polar surface area (TPSA) is 0 Å². The van der Waals surface area contributed by atoms with Gasteiger partial charge in [-0.2, -0.15) is 0 Å². The maximum atomic E-state index is 3.88. The first-order valence-corrected chi connectivity index (χ1v) is 3.09. The second-order valence-electron chi connectivity index (χ2n) is 2.43. The van der Waals surface area contributed by atoms with Crippen LogP contribution in [0.3, 0.4) is 0 Å². The third kappa shape index (κ3) is 3.89. The molecule has 57 valence electrons. The molecule has 0 fully saturated rings. The Kier molecular flexibility index (Phi) is 7.15. The summed E-state index contributed by atoms with van der Waals surface area (Å²) in [6, 6.07) is 0. The molecule has 0 bridgehead atoms. The quantitative estimate of drug-likeness (QED) is 0.490. The number of hydrogen-bond donors (Lipinski definition) is 0. The molecule has 1 radical (unpaired) electrons. The van der Waals surface area contributed by atoms with Crippen LogP contribution in [-0.2, 0) is 19.5 Å². The van der Waals surface area contributed by atoms with Crippen molar-refractivity contribution in [2.75, 3.05) is 0 Å². The number of allylic oxidation sites excluding steroid dienone is 5. The van der Waals surface area contributed by atoms with Gasteiger partial charge in [-0.1, -0.05) is 37.3 Å². The van der Waals surface area contributed by atoms with E-state index in [1.54, 1.807) is 0 Å². The maximum Gasteiger partial charge on any atom is 0.0230 e. The van der Waals surface area contributed by atoms with Crippen molar-refractivity contribution < 1.29 is 31.9 Å². The van der Waals surface area contributed by atoms with Crippen LogP contribution in [0.2, 0.25) is 0 Å². The molecular weight excluding hydrogens is 209 g/mol. The van der Waals surface area contributed by atoms with Gasteiger partial charge in [0.25, 0.3) is 0 Å². The molecule has 0 atom stereocenters. The zero-order valence-corrected chi connectivity index (χ0v) is 10.7. The first kappa shape index (κ1) is 13.7. The van der Waals surface area contributed by atoms with Gasteiger partial charge >= 0.3 is 0 Å². The summed E-state index contributed by atoms with van der Waals surface area (Å²) in [4.78, 5) is 0. The third-order valence-corrected chi connectivity index (χ3v) is 1.50. The molecule has 0 aromatic rings. The van der Waals surface area contributed by atoms with Gasteiger partial charge in [-0.25, -0.2) is 0 Å². The summed E-state index contributed by atoms with van der Waals surface area (Å²) in [6.45, 7) is 8.03. The van der Waals surface area contributed by atoms with Crippen LogP contribution in [0.4, 0.5) is 0 Å². The van der Waals surface area contributed by atoms with Crippen molar-refractivity contribution in [3.8, 4) is 0 Å². The van der Waals surface area contributed by atoms with E-state index < -0.39 is 0 Å². The molecular formula is C9H11ClZn-. The van der Waals surface area contributed by atoms with Gasteiger partial charge in [-0.15, -0.1) is 0 Å².